The van der Waals surface area contributed by atoms with Crippen LogP contribution in [0.3, 0.4) is 0 Å². The first-order chi connectivity index (χ1) is 11.7. The van der Waals surface area contributed by atoms with Crippen LogP contribution in [0.15, 0.2) is 40.9 Å². The minimum atomic E-state index is 0.0178. The van der Waals surface area contributed by atoms with Crippen LogP contribution in [-0.2, 0) is 11.3 Å². The van der Waals surface area contributed by atoms with Crippen LogP contribution in [0.4, 0.5) is 0 Å². The van der Waals surface area contributed by atoms with Crippen molar-refractivity contribution in [1.82, 2.24) is 15.5 Å². The van der Waals surface area contributed by atoms with E-state index < -0.39 is 0 Å². The van der Waals surface area contributed by atoms with Gasteiger partial charge < -0.3 is 9.84 Å². The van der Waals surface area contributed by atoms with Gasteiger partial charge in [-0.25, -0.2) is 0 Å². The number of thiophene rings is 1. The number of carbonyl (C=O) groups excluding carboxylic acids is 1. The number of aromatic nitrogens is 2. The first-order valence-electron chi connectivity index (χ1n) is 7.39. The number of hydrogen-bond acceptors (Lipinski definition) is 6. The lowest BCUT2D eigenvalue weighted by molar-refractivity contribution is -0.120. The molecule has 0 radical (unpaired) electrons. The molecule has 120 valence electrons. The molecule has 0 aliphatic rings. The molecule has 6 nitrogen and oxygen atoms in total. The van der Waals surface area contributed by atoms with Crippen molar-refractivity contribution in [2.45, 2.75) is 19.9 Å². The van der Waals surface area contributed by atoms with Crippen LogP contribution in [0.2, 0.25) is 0 Å². The summed E-state index contributed by atoms with van der Waals surface area (Å²) in [4.78, 5) is 17.6. The zero-order valence-electron chi connectivity index (χ0n) is 12.9. The number of benzene rings is 1. The molecule has 3 rings (SSSR count). The number of nitriles is 1. The van der Waals surface area contributed by atoms with E-state index in [4.69, 9.17) is 9.78 Å². The van der Waals surface area contributed by atoms with Crippen LogP contribution in [0.1, 0.15) is 23.8 Å². The zero-order valence-corrected chi connectivity index (χ0v) is 13.8. The molecule has 0 saturated heterocycles. The van der Waals surface area contributed by atoms with E-state index in [1.165, 1.54) is 11.3 Å². The van der Waals surface area contributed by atoms with Gasteiger partial charge in [-0.15, -0.1) is 11.3 Å². The Morgan fingerprint density at radius 3 is 3.04 bits per heavy atom. The molecular formula is C17H14N4O2S. The fraction of sp³-hybridized carbons (Fsp3) is 0.176. The van der Waals surface area contributed by atoms with Crippen LogP contribution in [0, 0.1) is 11.3 Å². The summed E-state index contributed by atoms with van der Waals surface area (Å²) in [5.74, 6) is 0.880. The molecule has 7 heteroatoms. The van der Waals surface area contributed by atoms with Crippen molar-refractivity contribution in [3.8, 4) is 28.2 Å². The standard InChI is InChI=1S/C17H14N4O2S/c1-2-15(22)19-10-13-6-7-14(24-13)16-20-17(23-21-16)12-5-3-4-11(8-12)9-18/h3-8H,2,10H2,1H3,(H,19,22). The highest BCUT2D eigenvalue weighted by Crippen LogP contribution is 2.28. The van der Waals surface area contributed by atoms with E-state index in [0.717, 1.165) is 9.75 Å². The summed E-state index contributed by atoms with van der Waals surface area (Å²) in [6.07, 6.45) is 0.466. The van der Waals surface area contributed by atoms with Gasteiger partial charge in [-0.3, -0.25) is 4.79 Å². The summed E-state index contributed by atoms with van der Waals surface area (Å²) in [5.41, 5.74) is 1.25. The largest absolute Gasteiger partial charge is 0.351 e. The highest BCUT2D eigenvalue weighted by Gasteiger charge is 2.13. The van der Waals surface area contributed by atoms with Gasteiger partial charge in [-0.1, -0.05) is 18.1 Å². The summed E-state index contributed by atoms with van der Waals surface area (Å²) in [5, 5.41) is 15.8. The molecule has 0 aliphatic carbocycles. The van der Waals surface area contributed by atoms with E-state index in [-0.39, 0.29) is 5.91 Å². The smallest absolute Gasteiger partial charge is 0.258 e. The van der Waals surface area contributed by atoms with Gasteiger partial charge in [-0.05, 0) is 30.3 Å². The van der Waals surface area contributed by atoms with E-state index >= 15 is 0 Å². The number of amides is 1. The average molecular weight is 338 g/mol. The predicted molar refractivity (Wildman–Crippen MR) is 89.9 cm³/mol. The number of hydrogen-bond donors (Lipinski definition) is 1. The van der Waals surface area contributed by atoms with Gasteiger partial charge in [0.15, 0.2) is 0 Å². The molecule has 0 unspecified atom stereocenters. The van der Waals surface area contributed by atoms with Crippen molar-refractivity contribution in [3.05, 3.63) is 46.8 Å². The van der Waals surface area contributed by atoms with Crippen LogP contribution in [-0.4, -0.2) is 16.0 Å². The molecule has 2 aromatic heterocycles. The number of nitrogens with zero attached hydrogens (tertiary/aromatic N) is 3. The lowest BCUT2D eigenvalue weighted by Gasteiger charge is -1.99. The van der Waals surface area contributed by atoms with Crippen LogP contribution >= 0.6 is 11.3 Å². The fourth-order valence-corrected chi connectivity index (χ4v) is 2.94. The summed E-state index contributed by atoms with van der Waals surface area (Å²) >= 11 is 1.50. The van der Waals surface area contributed by atoms with Crippen molar-refractivity contribution in [2.75, 3.05) is 0 Å². The van der Waals surface area contributed by atoms with Crippen molar-refractivity contribution >= 4 is 17.2 Å². The average Bonchev–Trinajstić information content (AvgIpc) is 3.28. The number of carbonyl (C=O) groups is 1. The Morgan fingerprint density at radius 1 is 1.38 bits per heavy atom. The molecule has 2 heterocycles. The molecule has 0 spiro atoms. The van der Waals surface area contributed by atoms with Gasteiger partial charge in [0, 0.05) is 16.9 Å². The third-order valence-electron chi connectivity index (χ3n) is 3.33. The Bertz CT molecular complexity index is 907. The minimum Gasteiger partial charge on any atom is -0.351 e. The molecule has 0 atom stereocenters. The van der Waals surface area contributed by atoms with Gasteiger partial charge in [-0.2, -0.15) is 10.2 Å². The van der Waals surface area contributed by atoms with Gasteiger partial charge in [0.2, 0.25) is 11.7 Å². The molecule has 1 N–H and O–H groups in total. The number of rotatable bonds is 5. The van der Waals surface area contributed by atoms with Gasteiger partial charge in [0.05, 0.1) is 23.1 Å². The van der Waals surface area contributed by atoms with Gasteiger partial charge >= 0.3 is 0 Å². The third-order valence-corrected chi connectivity index (χ3v) is 4.41. The number of nitrogens with one attached hydrogen (secondary N) is 1. The van der Waals surface area contributed by atoms with Crippen LogP contribution in [0.5, 0.6) is 0 Å². The maximum absolute atomic E-state index is 11.3. The van der Waals surface area contributed by atoms with Gasteiger partial charge in [0.25, 0.3) is 5.89 Å². The Morgan fingerprint density at radius 2 is 2.25 bits per heavy atom. The molecule has 24 heavy (non-hydrogen) atoms. The van der Waals surface area contributed by atoms with Crippen molar-refractivity contribution in [1.29, 1.82) is 5.26 Å². The highest BCUT2D eigenvalue weighted by atomic mass is 32.1. The third kappa shape index (κ3) is 3.50. The van der Waals surface area contributed by atoms with E-state index in [1.54, 1.807) is 18.2 Å². The highest BCUT2D eigenvalue weighted by molar-refractivity contribution is 7.15. The maximum Gasteiger partial charge on any atom is 0.258 e. The molecule has 0 bridgehead atoms. The Kier molecular flexibility index (Phi) is 4.68. The summed E-state index contributed by atoms with van der Waals surface area (Å²) in [6, 6.07) is 12.9. The van der Waals surface area contributed by atoms with Crippen molar-refractivity contribution in [3.63, 3.8) is 0 Å². The van der Waals surface area contributed by atoms with E-state index in [0.29, 0.717) is 35.8 Å². The van der Waals surface area contributed by atoms with Crippen molar-refractivity contribution < 1.29 is 9.32 Å². The maximum atomic E-state index is 11.3. The Labute approximate surface area is 142 Å². The van der Waals surface area contributed by atoms with Gasteiger partial charge in [0.1, 0.15) is 0 Å². The minimum absolute atomic E-state index is 0.0178. The molecule has 0 fully saturated rings. The fourth-order valence-electron chi connectivity index (χ4n) is 2.07. The summed E-state index contributed by atoms with van der Waals surface area (Å²) in [7, 11) is 0. The van der Waals surface area contributed by atoms with E-state index in [2.05, 4.69) is 21.5 Å². The Balaban J connectivity index is 1.77. The monoisotopic (exact) mass is 338 g/mol. The first kappa shape index (κ1) is 15.9. The lowest BCUT2D eigenvalue weighted by Crippen LogP contribution is -2.20. The second kappa shape index (κ2) is 7.06. The zero-order chi connectivity index (χ0) is 16.9. The molecular weight excluding hydrogens is 324 g/mol. The van der Waals surface area contributed by atoms with E-state index in [9.17, 15) is 4.79 Å². The second-order valence-electron chi connectivity index (χ2n) is 5.01. The summed E-state index contributed by atoms with van der Waals surface area (Å²) in [6.45, 7) is 2.31. The lowest BCUT2D eigenvalue weighted by atomic mass is 10.1. The SMILES string of the molecule is CCC(=O)NCc1ccc(-c2noc(-c3cccc(C#N)c3)n2)s1. The molecule has 0 saturated carbocycles. The van der Waals surface area contributed by atoms with E-state index in [1.807, 2.05) is 25.1 Å². The quantitative estimate of drug-likeness (QED) is 0.770. The first-order valence-corrected chi connectivity index (χ1v) is 8.21. The molecule has 1 amide bonds. The molecule has 1 aromatic carbocycles. The van der Waals surface area contributed by atoms with Crippen LogP contribution in [0.25, 0.3) is 22.2 Å². The summed E-state index contributed by atoms with van der Waals surface area (Å²) < 4.78 is 5.30. The Hall–Kier alpha value is -2.98. The second-order valence-corrected chi connectivity index (χ2v) is 6.18. The van der Waals surface area contributed by atoms with Crippen molar-refractivity contribution in [2.24, 2.45) is 0 Å². The topological polar surface area (TPSA) is 91.8 Å². The molecule has 3 aromatic rings. The predicted octanol–water partition coefficient (Wildman–Crippen LogP) is 3.36. The molecule has 0 aliphatic heterocycles. The normalized spacial score (nSPS) is 10.3. The van der Waals surface area contributed by atoms with Crippen LogP contribution < -0.4 is 5.32 Å².